The molecular formula is C20H23NO4. The lowest BCUT2D eigenvalue weighted by atomic mass is 10.1. The topological polar surface area (TPSA) is 48.0 Å². The third-order valence-corrected chi connectivity index (χ3v) is 4.27. The van der Waals surface area contributed by atoms with Gasteiger partial charge in [0, 0.05) is 25.9 Å². The van der Waals surface area contributed by atoms with Gasteiger partial charge in [-0.2, -0.15) is 0 Å². The van der Waals surface area contributed by atoms with Gasteiger partial charge in [-0.15, -0.1) is 0 Å². The summed E-state index contributed by atoms with van der Waals surface area (Å²) in [6, 6.07) is 17.3. The number of benzene rings is 2. The Balaban J connectivity index is 1.42. The molecule has 5 nitrogen and oxygen atoms in total. The molecule has 0 bridgehead atoms. The van der Waals surface area contributed by atoms with Gasteiger partial charge in [0.1, 0.15) is 24.2 Å². The zero-order valence-electron chi connectivity index (χ0n) is 14.4. The quantitative estimate of drug-likeness (QED) is 0.828. The molecule has 1 saturated heterocycles. The van der Waals surface area contributed by atoms with Crippen molar-refractivity contribution in [2.45, 2.75) is 25.6 Å². The average molecular weight is 341 g/mol. The Hall–Kier alpha value is -2.69. The van der Waals surface area contributed by atoms with Crippen molar-refractivity contribution in [3.63, 3.8) is 0 Å². The minimum Gasteiger partial charge on any atom is -0.497 e. The molecule has 0 saturated carbocycles. The summed E-state index contributed by atoms with van der Waals surface area (Å²) in [7, 11) is 1.64. The minimum atomic E-state index is -0.258. The first-order valence-corrected chi connectivity index (χ1v) is 8.51. The Labute approximate surface area is 148 Å². The molecule has 2 aromatic rings. The lowest BCUT2D eigenvalue weighted by molar-refractivity contribution is 0.0638. The Morgan fingerprint density at radius 1 is 1.00 bits per heavy atom. The smallest absolute Gasteiger partial charge is 0.410 e. The highest BCUT2D eigenvalue weighted by atomic mass is 16.6. The summed E-state index contributed by atoms with van der Waals surface area (Å²) in [6.07, 6.45) is 1.46. The van der Waals surface area contributed by atoms with Crippen LogP contribution in [-0.4, -0.2) is 37.3 Å². The SMILES string of the molecule is COc1ccc(OC2CCN(C(=O)OCc3ccccc3)CC2)cc1. The van der Waals surface area contributed by atoms with E-state index in [9.17, 15) is 4.79 Å². The normalized spacial score (nSPS) is 14.8. The molecule has 0 spiro atoms. The number of methoxy groups -OCH3 is 1. The predicted octanol–water partition coefficient (Wildman–Crippen LogP) is 3.88. The summed E-state index contributed by atoms with van der Waals surface area (Å²) in [5.41, 5.74) is 0.994. The van der Waals surface area contributed by atoms with Crippen LogP contribution in [0.4, 0.5) is 4.79 Å². The van der Waals surface area contributed by atoms with Gasteiger partial charge in [0.15, 0.2) is 0 Å². The van der Waals surface area contributed by atoms with Gasteiger partial charge in [0.2, 0.25) is 0 Å². The molecule has 1 heterocycles. The van der Waals surface area contributed by atoms with Crippen LogP contribution in [0.5, 0.6) is 11.5 Å². The number of piperidine rings is 1. The Kier molecular flexibility index (Phi) is 5.77. The number of carbonyl (C=O) groups is 1. The number of likely N-dealkylation sites (tertiary alicyclic amines) is 1. The van der Waals surface area contributed by atoms with E-state index in [1.165, 1.54) is 0 Å². The lowest BCUT2D eigenvalue weighted by Gasteiger charge is -2.31. The van der Waals surface area contributed by atoms with E-state index in [4.69, 9.17) is 14.2 Å². The summed E-state index contributed by atoms with van der Waals surface area (Å²) in [4.78, 5) is 13.9. The molecule has 0 atom stereocenters. The summed E-state index contributed by atoms with van der Waals surface area (Å²) in [6.45, 7) is 1.60. The maximum atomic E-state index is 12.2. The Morgan fingerprint density at radius 3 is 2.28 bits per heavy atom. The fourth-order valence-electron chi connectivity index (χ4n) is 2.81. The van der Waals surface area contributed by atoms with Crippen LogP contribution >= 0.6 is 0 Å². The molecule has 0 N–H and O–H groups in total. The average Bonchev–Trinajstić information content (AvgIpc) is 2.68. The first kappa shape index (κ1) is 17.1. The van der Waals surface area contributed by atoms with Gasteiger partial charge >= 0.3 is 6.09 Å². The molecule has 25 heavy (non-hydrogen) atoms. The number of hydrogen-bond acceptors (Lipinski definition) is 4. The van der Waals surface area contributed by atoms with Gasteiger partial charge in [-0.25, -0.2) is 4.79 Å². The van der Waals surface area contributed by atoms with Crippen LogP contribution in [0.2, 0.25) is 0 Å². The van der Waals surface area contributed by atoms with Gasteiger partial charge < -0.3 is 19.1 Å². The highest BCUT2D eigenvalue weighted by Crippen LogP contribution is 2.22. The van der Waals surface area contributed by atoms with E-state index >= 15 is 0 Å². The Morgan fingerprint density at radius 2 is 1.64 bits per heavy atom. The van der Waals surface area contributed by atoms with Crippen molar-refractivity contribution >= 4 is 6.09 Å². The fraction of sp³-hybridized carbons (Fsp3) is 0.350. The predicted molar refractivity (Wildman–Crippen MR) is 94.8 cm³/mol. The summed E-state index contributed by atoms with van der Waals surface area (Å²) >= 11 is 0. The van der Waals surface area contributed by atoms with Crippen molar-refractivity contribution in [1.82, 2.24) is 4.90 Å². The summed E-state index contributed by atoms with van der Waals surface area (Å²) < 4.78 is 16.5. The first-order chi connectivity index (χ1) is 12.2. The molecule has 1 fully saturated rings. The molecule has 1 amide bonds. The van der Waals surface area contributed by atoms with E-state index in [2.05, 4.69) is 0 Å². The first-order valence-electron chi connectivity index (χ1n) is 8.51. The van der Waals surface area contributed by atoms with Crippen LogP contribution < -0.4 is 9.47 Å². The van der Waals surface area contributed by atoms with Crippen molar-refractivity contribution < 1.29 is 19.0 Å². The summed E-state index contributed by atoms with van der Waals surface area (Å²) in [5.74, 6) is 1.63. The molecule has 3 rings (SSSR count). The van der Waals surface area contributed by atoms with Crippen LogP contribution in [0.25, 0.3) is 0 Å². The van der Waals surface area contributed by atoms with Gasteiger partial charge in [-0.05, 0) is 29.8 Å². The van der Waals surface area contributed by atoms with E-state index in [0.29, 0.717) is 19.7 Å². The zero-order chi connectivity index (χ0) is 17.5. The van der Waals surface area contributed by atoms with E-state index in [0.717, 1.165) is 29.9 Å². The monoisotopic (exact) mass is 341 g/mol. The molecule has 0 unspecified atom stereocenters. The second-order valence-electron chi connectivity index (χ2n) is 6.02. The highest BCUT2D eigenvalue weighted by Gasteiger charge is 2.24. The molecular weight excluding hydrogens is 318 g/mol. The van der Waals surface area contributed by atoms with Crippen LogP contribution in [0.3, 0.4) is 0 Å². The van der Waals surface area contributed by atoms with Gasteiger partial charge in [0.05, 0.1) is 7.11 Å². The fourth-order valence-corrected chi connectivity index (χ4v) is 2.81. The third-order valence-electron chi connectivity index (χ3n) is 4.27. The van der Waals surface area contributed by atoms with Crippen molar-refractivity contribution in [3.8, 4) is 11.5 Å². The Bertz CT molecular complexity index is 664. The maximum Gasteiger partial charge on any atom is 0.410 e. The summed E-state index contributed by atoms with van der Waals surface area (Å²) in [5, 5.41) is 0. The second-order valence-corrected chi connectivity index (χ2v) is 6.02. The van der Waals surface area contributed by atoms with Gasteiger partial charge in [-0.3, -0.25) is 0 Å². The maximum absolute atomic E-state index is 12.2. The van der Waals surface area contributed by atoms with E-state index < -0.39 is 0 Å². The second kappa shape index (κ2) is 8.42. The van der Waals surface area contributed by atoms with E-state index in [1.54, 1.807) is 12.0 Å². The zero-order valence-corrected chi connectivity index (χ0v) is 14.4. The standard InChI is InChI=1S/C20H23NO4/c1-23-17-7-9-18(10-8-17)25-19-11-13-21(14-12-19)20(22)24-15-16-5-3-2-4-6-16/h2-10,19H,11-15H2,1H3. The number of ether oxygens (including phenoxy) is 3. The molecule has 5 heteroatoms. The largest absolute Gasteiger partial charge is 0.497 e. The highest BCUT2D eigenvalue weighted by molar-refractivity contribution is 5.67. The van der Waals surface area contributed by atoms with Crippen molar-refractivity contribution in [2.75, 3.05) is 20.2 Å². The van der Waals surface area contributed by atoms with Crippen molar-refractivity contribution in [1.29, 1.82) is 0 Å². The number of carbonyl (C=O) groups excluding carboxylic acids is 1. The van der Waals surface area contributed by atoms with E-state index in [-0.39, 0.29) is 12.2 Å². The van der Waals surface area contributed by atoms with Gasteiger partial charge in [-0.1, -0.05) is 30.3 Å². The molecule has 2 aromatic carbocycles. The molecule has 0 aliphatic carbocycles. The molecule has 0 radical (unpaired) electrons. The molecule has 1 aliphatic heterocycles. The molecule has 1 aliphatic rings. The van der Waals surface area contributed by atoms with E-state index in [1.807, 2.05) is 54.6 Å². The lowest BCUT2D eigenvalue weighted by Crippen LogP contribution is -2.42. The molecule has 0 aromatic heterocycles. The number of hydrogen-bond donors (Lipinski definition) is 0. The van der Waals surface area contributed by atoms with Crippen molar-refractivity contribution in [2.24, 2.45) is 0 Å². The number of amides is 1. The number of nitrogens with zero attached hydrogens (tertiary/aromatic N) is 1. The van der Waals surface area contributed by atoms with Crippen LogP contribution in [0.1, 0.15) is 18.4 Å². The van der Waals surface area contributed by atoms with Crippen LogP contribution in [0, 0.1) is 0 Å². The molecule has 132 valence electrons. The minimum absolute atomic E-state index is 0.117. The van der Waals surface area contributed by atoms with Crippen LogP contribution in [0.15, 0.2) is 54.6 Å². The van der Waals surface area contributed by atoms with Gasteiger partial charge in [0.25, 0.3) is 0 Å². The number of rotatable bonds is 5. The van der Waals surface area contributed by atoms with Crippen molar-refractivity contribution in [3.05, 3.63) is 60.2 Å². The van der Waals surface area contributed by atoms with Crippen LogP contribution in [-0.2, 0) is 11.3 Å². The third kappa shape index (κ3) is 4.89.